The third-order valence-electron chi connectivity index (χ3n) is 10.0. The average Bonchev–Trinajstić information content (AvgIpc) is 3.00. The van der Waals surface area contributed by atoms with Gasteiger partial charge in [0.1, 0.15) is 0 Å². The van der Waals surface area contributed by atoms with E-state index < -0.39 is 9.05 Å². The monoisotopic (exact) mass is 601 g/mol. The highest BCUT2D eigenvalue weighted by atomic mass is 28.4. The lowest BCUT2D eigenvalue weighted by molar-refractivity contribution is -0.0632. The molecule has 0 aromatic rings. The Hall–Kier alpha value is 0.0569. The number of hydrogen-bond donors (Lipinski definition) is 0. The topological polar surface area (TPSA) is 36.9 Å². The van der Waals surface area contributed by atoms with Crippen molar-refractivity contribution in [1.82, 2.24) is 0 Å². The molecule has 0 heterocycles. The Bertz CT molecular complexity index is 486. The lowest BCUT2D eigenvalue weighted by Crippen LogP contribution is -2.52. The van der Waals surface area contributed by atoms with Gasteiger partial charge >= 0.3 is 9.05 Å². The van der Waals surface area contributed by atoms with Gasteiger partial charge in [-0.05, 0) is 73.0 Å². The lowest BCUT2D eigenvalue weighted by Gasteiger charge is -2.34. The van der Waals surface area contributed by atoms with E-state index in [0.717, 1.165) is 25.7 Å². The molecule has 0 amide bonds. The van der Waals surface area contributed by atoms with Gasteiger partial charge in [-0.25, -0.2) is 0 Å². The zero-order valence-electron chi connectivity index (χ0n) is 30.1. The van der Waals surface area contributed by atoms with E-state index in [1.165, 1.54) is 51.4 Å². The first-order chi connectivity index (χ1) is 19.5. The summed E-state index contributed by atoms with van der Waals surface area (Å²) in [4.78, 5) is 0. The fourth-order valence-corrected chi connectivity index (χ4v) is 7.74. The highest BCUT2D eigenvalue weighted by Gasteiger charge is 2.48. The van der Waals surface area contributed by atoms with Crippen molar-refractivity contribution < 1.29 is 17.7 Å². The van der Waals surface area contributed by atoms with Crippen LogP contribution in [0.5, 0.6) is 0 Å². The van der Waals surface area contributed by atoms with E-state index >= 15 is 0 Å². The largest absolute Gasteiger partial charge is 0.679 e. The van der Waals surface area contributed by atoms with Crippen LogP contribution in [0.2, 0.25) is 0 Å². The highest BCUT2D eigenvalue weighted by Crippen LogP contribution is 2.28. The van der Waals surface area contributed by atoms with Gasteiger partial charge in [0.05, 0.1) is 0 Å². The van der Waals surface area contributed by atoms with Crippen LogP contribution in [-0.4, -0.2) is 35.5 Å². The van der Waals surface area contributed by atoms with Crippen LogP contribution in [-0.2, 0) is 17.7 Å². The van der Waals surface area contributed by atoms with E-state index in [-0.39, 0.29) is 0 Å². The van der Waals surface area contributed by atoms with Crippen LogP contribution >= 0.6 is 0 Å². The summed E-state index contributed by atoms with van der Waals surface area (Å²) in [6.07, 6.45) is 14.0. The van der Waals surface area contributed by atoms with Crippen molar-refractivity contribution in [1.29, 1.82) is 0 Å². The molecule has 0 aromatic carbocycles. The molecule has 0 radical (unpaired) electrons. The molecule has 0 saturated carbocycles. The molecule has 0 aliphatic carbocycles. The van der Waals surface area contributed by atoms with Gasteiger partial charge in [0.15, 0.2) is 0 Å². The molecule has 0 aliphatic rings. The van der Waals surface area contributed by atoms with Crippen LogP contribution in [0.3, 0.4) is 0 Å². The summed E-state index contributed by atoms with van der Waals surface area (Å²) >= 11 is 0. The molecule has 0 saturated heterocycles. The highest BCUT2D eigenvalue weighted by molar-refractivity contribution is 6.53. The van der Waals surface area contributed by atoms with Crippen molar-refractivity contribution in [2.24, 2.45) is 47.3 Å². The normalized spacial score (nSPS) is 19.6. The summed E-state index contributed by atoms with van der Waals surface area (Å²) < 4.78 is 27.5. The molecule has 0 aliphatic heterocycles. The van der Waals surface area contributed by atoms with Crippen molar-refractivity contribution in [2.75, 3.05) is 26.4 Å². The van der Waals surface area contributed by atoms with E-state index in [1.807, 2.05) is 0 Å². The predicted molar refractivity (Wildman–Crippen MR) is 181 cm³/mol. The maximum atomic E-state index is 6.88. The summed E-state index contributed by atoms with van der Waals surface area (Å²) in [6, 6.07) is 0. The van der Waals surface area contributed by atoms with Gasteiger partial charge in [-0.1, -0.05) is 134 Å². The van der Waals surface area contributed by atoms with Crippen molar-refractivity contribution >= 4 is 9.05 Å². The van der Waals surface area contributed by atoms with Crippen LogP contribution in [0.15, 0.2) is 0 Å². The summed E-state index contributed by atoms with van der Waals surface area (Å²) in [6.45, 7) is 30.4. The smallest absolute Gasteiger partial charge is 0.351 e. The molecule has 0 bridgehead atoms. The molecule has 0 spiro atoms. The molecule has 248 valence electrons. The van der Waals surface area contributed by atoms with Crippen molar-refractivity contribution in [3.63, 3.8) is 0 Å². The van der Waals surface area contributed by atoms with Gasteiger partial charge in [-0.15, -0.1) is 0 Å². The van der Waals surface area contributed by atoms with E-state index in [1.54, 1.807) is 0 Å². The molecular formula is C36H76O4Si. The molecule has 0 rings (SSSR count). The molecule has 0 aromatic heterocycles. The summed E-state index contributed by atoms with van der Waals surface area (Å²) in [7, 11) is -3.36. The Kier molecular flexibility index (Phi) is 24.4. The lowest BCUT2D eigenvalue weighted by atomic mass is 9.93. The Labute approximate surface area is 260 Å². The van der Waals surface area contributed by atoms with Crippen LogP contribution < -0.4 is 0 Å². The number of hydrogen-bond acceptors (Lipinski definition) is 4. The third kappa shape index (κ3) is 18.5. The first-order valence-electron chi connectivity index (χ1n) is 18.1. The van der Waals surface area contributed by atoms with Crippen molar-refractivity contribution in [3.05, 3.63) is 0 Å². The van der Waals surface area contributed by atoms with E-state index in [2.05, 4.69) is 83.1 Å². The Balaban J connectivity index is 6.13. The number of rotatable bonds is 28. The van der Waals surface area contributed by atoms with Crippen LogP contribution in [0.1, 0.15) is 160 Å². The summed E-state index contributed by atoms with van der Waals surface area (Å²) in [5.74, 6) is 4.78. The van der Waals surface area contributed by atoms with E-state index in [4.69, 9.17) is 17.7 Å². The molecule has 4 nitrogen and oxygen atoms in total. The quantitative estimate of drug-likeness (QED) is 0.0837. The van der Waals surface area contributed by atoms with Crippen molar-refractivity contribution in [3.8, 4) is 0 Å². The van der Waals surface area contributed by atoms with Gasteiger partial charge in [-0.2, -0.15) is 0 Å². The second-order valence-corrected chi connectivity index (χ2v) is 16.0. The standard InChI is InChI=1S/C36H76O4Si/c1-13-29(9)21-33(17-5)25-37-41(38-26-34(18-6)22-30(10)14-2,39-27-35(19-7)23-31(11)15-3)40-28-36(20-8)24-32(12)16-4/h29-36H,13-28H2,1-12H3. The zero-order chi connectivity index (χ0) is 31.3. The molecular weight excluding hydrogens is 524 g/mol. The maximum Gasteiger partial charge on any atom is 0.679 e. The first-order valence-corrected chi connectivity index (χ1v) is 19.7. The molecule has 0 N–H and O–H groups in total. The Morgan fingerprint density at radius 2 is 0.537 bits per heavy atom. The Morgan fingerprint density at radius 3 is 0.683 bits per heavy atom. The maximum absolute atomic E-state index is 6.88. The first kappa shape index (κ1) is 41.1. The minimum atomic E-state index is -3.36. The molecule has 0 fully saturated rings. The fraction of sp³-hybridized carbons (Fsp3) is 1.00. The fourth-order valence-electron chi connectivity index (χ4n) is 5.48. The van der Waals surface area contributed by atoms with E-state index in [9.17, 15) is 0 Å². The minimum Gasteiger partial charge on any atom is -0.351 e. The van der Waals surface area contributed by atoms with Gasteiger partial charge in [0, 0.05) is 26.4 Å². The molecule has 8 unspecified atom stereocenters. The molecule has 41 heavy (non-hydrogen) atoms. The summed E-state index contributed by atoms with van der Waals surface area (Å²) in [5, 5.41) is 0. The second-order valence-electron chi connectivity index (χ2n) is 13.8. The SMILES string of the molecule is CCC(C)CC(CC)CO[Si](OCC(CC)CC(C)CC)(OCC(CC)CC(C)CC)OCC(CC)CC(C)CC. The summed E-state index contributed by atoms with van der Waals surface area (Å²) in [5.41, 5.74) is 0. The predicted octanol–water partition coefficient (Wildman–Crippen LogP) is 11.3. The van der Waals surface area contributed by atoms with Crippen LogP contribution in [0, 0.1) is 47.3 Å². The van der Waals surface area contributed by atoms with E-state index in [0.29, 0.717) is 73.8 Å². The van der Waals surface area contributed by atoms with Crippen LogP contribution in [0.25, 0.3) is 0 Å². The molecule has 8 atom stereocenters. The van der Waals surface area contributed by atoms with Gasteiger partial charge in [-0.3, -0.25) is 0 Å². The second kappa shape index (κ2) is 24.4. The van der Waals surface area contributed by atoms with Gasteiger partial charge in [0.25, 0.3) is 0 Å². The third-order valence-corrected chi connectivity index (χ3v) is 12.1. The Morgan fingerprint density at radius 1 is 0.341 bits per heavy atom. The minimum absolute atomic E-state index is 0.499. The zero-order valence-corrected chi connectivity index (χ0v) is 31.1. The molecule has 5 heteroatoms. The van der Waals surface area contributed by atoms with Gasteiger partial charge < -0.3 is 17.7 Å². The van der Waals surface area contributed by atoms with Gasteiger partial charge in [0.2, 0.25) is 0 Å². The van der Waals surface area contributed by atoms with Crippen LogP contribution in [0.4, 0.5) is 0 Å². The average molecular weight is 601 g/mol. The van der Waals surface area contributed by atoms with Crippen molar-refractivity contribution in [2.45, 2.75) is 160 Å².